The van der Waals surface area contributed by atoms with Gasteiger partial charge in [0.1, 0.15) is 22.1 Å². The molecule has 1 amide bonds. The number of amides is 1. The van der Waals surface area contributed by atoms with Gasteiger partial charge in [-0.2, -0.15) is 0 Å². The number of rotatable bonds is 6. The first kappa shape index (κ1) is 23.9. The van der Waals surface area contributed by atoms with Gasteiger partial charge in [0, 0.05) is 13.6 Å². The number of carbonyl (C=O) groups excluding carboxylic acids is 1. The molecule has 2 aromatic heterocycles. The van der Waals surface area contributed by atoms with Gasteiger partial charge in [-0.3, -0.25) is 18.7 Å². The number of hydrogen-bond donors (Lipinski definition) is 1. The van der Waals surface area contributed by atoms with Crippen LogP contribution in [-0.2, 0) is 18.4 Å². The van der Waals surface area contributed by atoms with Crippen molar-refractivity contribution in [3.05, 3.63) is 55.7 Å². The molecule has 0 bridgehead atoms. The van der Waals surface area contributed by atoms with Gasteiger partial charge in [-0.05, 0) is 38.0 Å². The molecular weight excluding hydrogens is 457 g/mol. The van der Waals surface area contributed by atoms with Crippen LogP contribution in [0.4, 0.5) is 10.1 Å². The highest BCUT2D eigenvalue weighted by Crippen LogP contribution is 2.29. The fourth-order valence-electron chi connectivity index (χ4n) is 3.10. The van der Waals surface area contributed by atoms with E-state index < -0.39 is 28.2 Å². The summed E-state index contributed by atoms with van der Waals surface area (Å²) in [6.07, 6.45) is 0. The Morgan fingerprint density at radius 1 is 1.25 bits per heavy atom. The number of nitrogens with one attached hydrogen (secondary N) is 1. The molecule has 0 spiro atoms. The molecule has 0 aliphatic carbocycles. The van der Waals surface area contributed by atoms with E-state index in [1.54, 1.807) is 13.8 Å². The largest absolute Gasteiger partial charge is 0.332 e. The quantitative estimate of drug-likeness (QED) is 0.430. The number of halogens is 2. The van der Waals surface area contributed by atoms with Gasteiger partial charge in [0.2, 0.25) is 5.91 Å². The van der Waals surface area contributed by atoms with Gasteiger partial charge < -0.3 is 5.32 Å². The minimum absolute atomic E-state index is 0.0745. The maximum atomic E-state index is 13.3. The molecule has 0 unspecified atom stereocenters. The summed E-state index contributed by atoms with van der Waals surface area (Å²) in [5.41, 5.74) is -0.462. The summed E-state index contributed by atoms with van der Waals surface area (Å²) in [6, 6.07) is 3.67. The molecule has 0 radical (unpaired) electrons. The normalized spacial score (nSPS) is 12.4. The third-order valence-corrected chi connectivity index (χ3v) is 6.05. The summed E-state index contributed by atoms with van der Waals surface area (Å²) < 4.78 is 15.7. The third kappa shape index (κ3) is 4.86. The lowest BCUT2D eigenvalue weighted by Gasteiger charge is -2.17. The van der Waals surface area contributed by atoms with Crippen LogP contribution in [0.5, 0.6) is 0 Å². The number of carbonyl (C=O) groups is 1. The number of aromatic nitrogens is 4. The molecule has 0 saturated carbocycles. The van der Waals surface area contributed by atoms with E-state index in [0.29, 0.717) is 17.4 Å². The first-order chi connectivity index (χ1) is 15.0. The van der Waals surface area contributed by atoms with Gasteiger partial charge in [0.05, 0.1) is 16.0 Å². The van der Waals surface area contributed by atoms with E-state index in [1.165, 1.54) is 23.7 Å². The van der Waals surface area contributed by atoms with E-state index in [4.69, 9.17) is 11.6 Å². The topological polar surface area (TPSA) is 98.9 Å². The summed E-state index contributed by atoms with van der Waals surface area (Å²) in [6.45, 7) is 7.60. The van der Waals surface area contributed by atoms with Crippen molar-refractivity contribution in [2.75, 3.05) is 5.32 Å². The number of benzene rings is 1. The second kappa shape index (κ2) is 9.41. The molecule has 1 N–H and O–H groups in total. The number of anilines is 1. The van der Waals surface area contributed by atoms with Crippen LogP contribution in [0.15, 0.2) is 32.8 Å². The van der Waals surface area contributed by atoms with Crippen molar-refractivity contribution in [2.45, 2.75) is 44.5 Å². The predicted octanol–water partition coefficient (Wildman–Crippen LogP) is 3.37. The summed E-state index contributed by atoms with van der Waals surface area (Å²) in [5.74, 6) is -0.397. The molecule has 32 heavy (non-hydrogen) atoms. The smallest absolute Gasteiger partial charge is 0.324 e. The highest BCUT2D eigenvalue weighted by atomic mass is 35.5. The molecular formula is C21H23ClFN5O3S. The first-order valence-electron chi connectivity index (χ1n) is 9.90. The van der Waals surface area contributed by atoms with E-state index >= 15 is 0 Å². The highest BCUT2D eigenvalue weighted by Gasteiger charge is 2.23. The Balaban J connectivity index is 2.03. The van der Waals surface area contributed by atoms with Crippen LogP contribution in [0.2, 0.25) is 5.02 Å². The van der Waals surface area contributed by atoms with Crippen LogP contribution in [-0.4, -0.2) is 30.3 Å². The summed E-state index contributed by atoms with van der Waals surface area (Å²) in [5, 5.41) is 2.54. The average molecular weight is 480 g/mol. The maximum absolute atomic E-state index is 13.3. The van der Waals surface area contributed by atoms with Crippen molar-refractivity contribution < 1.29 is 9.18 Å². The monoisotopic (exact) mass is 479 g/mol. The minimum Gasteiger partial charge on any atom is -0.324 e. The van der Waals surface area contributed by atoms with E-state index in [0.717, 1.165) is 22.4 Å². The van der Waals surface area contributed by atoms with Crippen molar-refractivity contribution in [1.29, 1.82) is 0 Å². The zero-order valence-electron chi connectivity index (χ0n) is 18.3. The van der Waals surface area contributed by atoms with Gasteiger partial charge in [0.15, 0.2) is 5.65 Å². The predicted molar refractivity (Wildman–Crippen MR) is 124 cm³/mol. The lowest BCUT2D eigenvalue weighted by atomic mass is 10.2. The molecule has 3 rings (SSSR count). The fourth-order valence-corrected chi connectivity index (χ4v) is 4.30. The second-order valence-electron chi connectivity index (χ2n) is 7.80. The minimum atomic E-state index is -0.677. The molecule has 0 aliphatic heterocycles. The Labute approximate surface area is 192 Å². The van der Waals surface area contributed by atoms with E-state index in [9.17, 15) is 18.8 Å². The zero-order chi connectivity index (χ0) is 23.7. The molecule has 0 saturated heterocycles. The summed E-state index contributed by atoms with van der Waals surface area (Å²) in [4.78, 5) is 47.1. The SMILES string of the molecule is Cc1nc(S[C@@H](C)C(=O)Nc2ccc(F)cc2Cl)c2c(=O)n(C)c(=O)n(CC(C)C)c2n1. The maximum Gasteiger partial charge on any atom is 0.332 e. The molecule has 1 aromatic carbocycles. The third-order valence-electron chi connectivity index (χ3n) is 4.65. The van der Waals surface area contributed by atoms with Crippen molar-refractivity contribution in [3.8, 4) is 0 Å². The Kier molecular flexibility index (Phi) is 7.04. The van der Waals surface area contributed by atoms with Gasteiger partial charge >= 0.3 is 5.69 Å². The molecule has 2 heterocycles. The molecule has 170 valence electrons. The van der Waals surface area contributed by atoms with E-state index in [1.807, 2.05) is 13.8 Å². The standard InChI is InChI=1S/C21H23ClFN5O3S/c1-10(2)9-28-17-16(20(30)27(5)21(28)31)19(25-12(4)24-17)32-11(3)18(29)26-15-7-6-13(23)8-14(15)22/h6-8,10-11H,9H2,1-5H3,(H,26,29)/t11-/m0/s1. The molecule has 1 atom stereocenters. The number of hydrogen-bond acceptors (Lipinski definition) is 6. The molecule has 8 nitrogen and oxygen atoms in total. The fraction of sp³-hybridized carbons (Fsp3) is 0.381. The lowest BCUT2D eigenvalue weighted by Crippen LogP contribution is -2.39. The molecule has 0 fully saturated rings. The van der Waals surface area contributed by atoms with Gasteiger partial charge in [0.25, 0.3) is 5.56 Å². The van der Waals surface area contributed by atoms with Gasteiger partial charge in [-0.15, -0.1) is 0 Å². The van der Waals surface area contributed by atoms with Crippen molar-refractivity contribution in [3.63, 3.8) is 0 Å². The lowest BCUT2D eigenvalue weighted by molar-refractivity contribution is -0.115. The zero-order valence-corrected chi connectivity index (χ0v) is 19.8. The number of aryl methyl sites for hydroxylation is 1. The van der Waals surface area contributed by atoms with Gasteiger partial charge in [-0.1, -0.05) is 37.2 Å². The second-order valence-corrected chi connectivity index (χ2v) is 9.54. The van der Waals surface area contributed by atoms with Crippen LogP contribution >= 0.6 is 23.4 Å². The average Bonchev–Trinajstić information content (AvgIpc) is 2.70. The highest BCUT2D eigenvalue weighted by molar-refractivity contribution is 8.00. The molecule has 11 heteroatoms. The van der Waals surface area contributed by atoms with Crippen LogP contribution in [0.1, 0.15) is 26.6 Å². The van der Waals surface area contributed by atoms with Crippen LogP contribution in [0, 0.1) is 18.7 Å². The Bertz CT molecular complexity index is 1320. The number of nitrogens with zero attached hydrogens (tertiary/aromatic N) is 4. The van der Waals surface area contributed by atoms with Crippen molar-refractivity contribution >= 4 is 46.0 Å². The van der Waals surface area contributed by atoms with Crippen molar-refractivity contribution in [1.82, 2.24) is 19.1 Å². The molecule has 0 aliphatic rings. The van der Waals surface area contributed by atoms with E-state index in [2.05, 4.69) is 15.3 Å². The Morgan fingerprint density at radius 3 is 2.56 bits per heavy atom. The van der Waals surface area contributed by atoms with Crippen LogP contribution < -0.4 is 16.6 Å². The summed E-state index contributed by atoms with van der Waals surface area (Å²) >= 11 is 7.06. The number of thioether (sulfide) groups is 1. The van der Waals surface area contributed by atoms with Gasteiger partial charge in [-0.25, -0.2) is 19.2 Å². The first-order valence-corrected chi connectivity index (χ1v) is 11.2. The summed E-state index contributed by atoms with van der Waals surface area (Å²) in [7, 11) is 1.40. The Morgan fingerprint density at radius 2 is 1.94 bits per heavy atom. The van der Waals surface area contributed by atoms with E-state index in [-0.39, 0.29) is 27.7 Å². The van der Waals surface area contributed by atoms with Crippen LogP contribution in [0.25, 0.3) is 11.0 Å². The molecule has 3 aromatic rings. The van der Waals surface area contributed by atoms with Crippen LogP contribution in [0.3, 0.4) is 0 Å². The Hall–Kier alpha value is -2.72. The number of fused-ring (bicyclic) bond motifs is 1. The van der Waals surface area contributed by atoms with Crippen molar-refractivity contribution in [2.24, 2.45) is 13.0 Å².